The first-order valence-electron chi connectivity index (χ1n) is 9.79. The molecule has 1 fully saturated rings. The number of piperazine rings is 1. The molecule has 1 saturated heterocycles. The molecule has 0 atom stereocenters. The summed E-state index contributed by atoms with van der Waals surface area (Å²) in [5.74, 6) is 0.842. The van der Waals surface area contributed by atoms with E-state index < -0.39 is 5.91 Å². The van der Waals surface area contributed by atoms with Crippen LogP contribution in [0.25, 0.3) is 0 Å². The van der Waals surface area contributed by atoms with E-state index >= 15 is 0 Å². The minimum Gasteiger partial charge on any atom is -0.493 e. The molecule has 1 aliphatic heterocycles. The molecule has 0 spiro atoms. The molecule has 0 bridgehead atoms. The highest BCUT2D eigenvalue weighted by Gasteiger charge is 2.21. The largest absolute Gasteiger partial charge is 0.493 e. The van der Waals surface area contributed by atoms with Crippen LogP contribution < -0.4 is 14.8 Å². The summed E-state index contributed by atoms with van der Waals surface area (Å²) in [6.07, 6.45) is 1.80. The van der Waals surface area contributed by atoms with E-state index in [1.165, 1.54) is 0 Å². The van der Waals surface area contributed by atoms with Crippen LogP contribution in [0.15, 0.2) is 30.0 Å². The van der Waals surface area contributed by atoms with E-state index in [2.05, 4.69) is 5.32 Å². The maximum absolute atomic E-state index is 12.4. The highest BCUT2D eigenvalue weighted by molar-refractivity contribution is 5.97. The van der Waals surface area contributed by atoms with Crippen LogP contribution >= 0.6 is 0 Å². The van der Waals surface area contributed by atoms with Crippen LogP contribution in [0.5, 0.6) is 11.5 Å². The second-order valence-corrected chi connectivity index (χ2v) is 6.57. The molecule has 1 heterocycles. The number of hydrogen-bond acceptors (Lipinski definition) is 7. The smallest absolute Gasteiger partial charge is 0.409 e. The van der Waals surface area contributed by atoms with Crippen LogP contribution in [0.4, 0.5) is 4.79 Å². The fourth-order valence-corrected chi connectivity index (χ4v) is 3.02. The quantitative estimate of drug-likeness (QED) is 0.506. The first-order chi connectivity index (χ1) is 14.5. The number of carbonyl (C=O) groups is 2. The zero-order valence-electron chi connectivity index (χ0n) is 17.6. The summed E-state index contributed by atoms with van der Waals surface area (Å²) in [7, 11) is 3.14. The fraction of sp³-hybridized carbons (Fsp3) is 0.476. The molecule has 2 amide bonds. The summed E-state index contributed by atoms with van der Waals surface area (Å²) in [4.78, 5) is 27.6. The van der Waals surface area contributed by atoms with Gasteiger partial charge in [0.1, 0.15) is 11.6 Å². The number of benzene rings is 1. The third-order valence-corrected chi connectivity index (χ3v) is 4.66. The van der Waals surface area contributed by atoms with Gasteiger partial charge in [0.05, 0.1) is 20.8 Å². The van der Waals surface area contributed by atoms with Gasteiger partial charge in [-0.15, -0.1) is 0 Å². The molecule has 1 aromatic carbocycles. The second kappa shape index (κ2) is 11.6. The number of methoxy groups -OCH3 is 2. The molecule has 9 nitrogen and oxygen atoms in total. The van der Waals surface area contributed by atoms with E-state index in [1.807, 2.05) is 29.2 Å². The summed E-state index contributed by atoms with van der Waals surface area (Å²) >= 11 is 0. The van der Waals surface area contributed by atoms with E-state index in [1.54, 1.807) is 32.2 Å². The SMILES string of the molecule is CCOC(=O)N1CCN(/C=C(/C#N)C(=O)NCCc2ccc(OC)c(OC)c2)CC1. The number of nitriles is 1. The van der Waals surface area contributed by atoms with Crippen LogP contribution in [0.1, 0.15) is 12.5 Å². The Balaban J connectivity index is 1.85. The topological polar surface area (TPSA) is 104 Å². The summed E-state index contributed by atoms with van der Waals surface area (Å²) in [5.41, 5.74) is 1.01. The number of rotatable bonds is 8. The monoisotopic (exact) mass is 416 g/mol. The lowest BCUT2D eigenvalue weighted by Gasteiger charge is -2.33. The number of hydrogen-bond donors (Lipinski definition) is 1. The van der Waals surface area contributed by atoms with Gasteiger partial charge in [0.25, 0.3) is 5.91 Å². The number of nitrogens with zero attached hydrogens (tertiary/aromatic N) is 3. The Morgan fingerprint density at radius 1 is 1.17 bits per heavy atom. The molecular weight excluding hydrogens is 388 g/mol. The minimum atomic E-state index is -0.425. The number of nitrogens with one attached hydrogen (secondary N) is 1. The number of amides is 2. The molecule has 30 heavy (non-hydrogen) atoms. The normalized spacial score (nSPS) is 14.0. The Bertz CT molecular complexity index is 810. The van der Waals surface area contributed by atoms with Gasteiger partial charge in [0.15, 0.2) is 11.5 Å². The van der Waals surface area contributed by atoms with Gasteiger partial charge in [-0.3, -0.25) is 4.79 Å². The Kier molecular flexibility index (Phi) is 8.81. The van der Waals surface area contributed by atoms with E-state index in [4.69, 9.17) is 14.2 Å². The average Bonchev–Trinajstić information content (AvgIpc) is 2.77. The molecule has 0 saturated carbocycles. The van der Waals surface area contributed by atoms with Crippen LogP contribution in [0.2, 0.25) is 0 Å². The molecule has 1 aromatic rings. The zero-order valence-corrected chi connectivity index (χ0v) is 17.6. The van der Waals surface area contributed by atoms with E-state index in [0.29, 0.717) is 57.3 Å². The van der Waals surface area contributed by atoms with E-state index in [9.17, 15) is 14.9 Å². The van der Waals surface area contributed by atoms with Crippen molar-refractivity contribution in [3.63, 3.8) is 0 Å². The van der Waals surface area contributed by atoms with Gasteiger partial charge in [-0.05, 0) is 31.0 Å². The number of ether oxygens (including phenoxy) is 3. The highest BCUT2D eigenvalue weighted by atomic mass is 16.6. The van der Waals surface area contributed by atoms with Gasteiger partial charge in [-0.1, -0.05) is 6.07 Å². The Hall–Kier alpha value is -3.41. The maximum Gasteiger partial charge on any atom is 0.409 e. The Labute approximate surface area is 176 Å². The molecule has 1 N–H and O–H groups in total. The van der Waals surface area contributed by atoms with Crippen molar-refractivity contribution in [3.8, 4) is 17.6 Å². The molecule has 0 unspecified atom stereocenters. The van der Waals surface area contributed by atoms with Crippen molar-refractivity contribution in [1.82, 2.24) is 15.1 Å². The lowest BCUT2D eigenvalue weighted by atomic mass is 10.1. The van der Waals surface area contributed by atoms with E-state index in [0.717, 1.165) is 5.56 Å². The van der Waals surface area contributed by atoms with Gasteiger partial charge >= 0.3 is 6.09 Å². The van der Waals surface area contributed by atoms with Gasteiger partial charge < -0.3 is 29.3 Å². The predicted molar refractivity (Wildman–Crippen MR) is 110 cm³/mol. The first-order valence-corrected chi connectivity index (χ1v) is 9.79. The first kappa shape index (κ1) is 22.9. The van der Waals surface area contributed by atoms with Gasteiger partial charge in [0.2, 0.25) is 0 Å². The van der Waals surface area contributed by atoms with Crippen molar-refractivity contribution in [2.24, 2.45) is 0 Å². The van der Waals surface area contributed by atoms with Crippen molar-refractivity contribution < 1.29 is 23.8 Å². The Morgan fingerprint density at radius 2 is 1.87 bits per heavy atom. The molecular formula is C21H28N4O5. The van der Waals surface area contributed by atoms with Crippen LogP contribution in [-0.4, -0.2) is 75.4 Å². The summed E-state index contributed by atoms with van der Waals surface area (Å²) in [5, 5.41) is 12.1. The molecule has 2 rings (SSSR count). The zero-order chi connectivity index (χ0) is 21.9. The summed E-state index contributed by atoms with van der Waals surface area (Å²) in [6.45, 7) is 4.50. The number of carbonyl (C=O) groups excluding carboxylic acids is 2. The average molecular weight is 416 g/mol. The fourth-order valence-electron chi connectivity index (χ4n) is 3.02. The molecule has 9 heteroatoms. The maximum atomic E-state index is 12.4. The predicted octanol–water partition coefficient (Wildman–Crippen LogP) is 1.54. The molecule has 162 valence electrons. The molecule has 0 aliphatic carbocycles. The third kappa shape index (κ3) is 6.30. The van der Waals surface area contributed by atoms with E-state index in [-0.39, 0.29) is 11.7 Å². The van der Waals surface area contributed by atoms with Crippen molar-refractivity contribution >= 4 is 12.0 Å². The second-order valence-electron chi connectivity index (χ2n) is 6.57. The standard InChI is InChI=1S/C21H28N4O5/c1-4-30-21(27)25-11-9-24(10-12-25)15-17(14-22)20(26)23-8-7-16-5-6-18(28-2)19(13-16)29-3/h5-6,13,15H,4,7-12H2,1-3H3,(H,23,26)/b17-15-. The molecule has 1 aliphatic rings. The lowest BCUT2D eigenvalue weighted by molar-refractivity contribution is -0.117. The van der Waals surface area contributed by atoms with Crippen LogP contribution in [0, 0.1) is 11.3 Å². The summed E-state index contributed by atoms with van der Waals surface area (Å²) < 4.78 is 15.5. The molecule has 0 aromatic heterocycles. The van der Waals surface area contributed by atoms with Crippen molar-refractivity contribution in [3.05, 3.63) is 35.5 Å². The van der Waals surface area contributed by atoms with Crippen molar-refractivity contribution in [2.75, 3.05) is 53.6 Å². The van der Waals surface area contributed by atoms with Crippen molar-refractivity contribution in [2.45, 2.75) is 13.3 Å². The summed E-state index contributed by atoms with van der Waals surface area (Å²) in [6, 6.07) is 7.52. The Morgan fingerprint density at radius 3 is 2.47 bits per heavy atom. The van der Waals surface area contributed by atoms with Gasteiger partial charge in [0, 0.05) is 38.9 Å². The van der Waals surface area contributed by atoms with Crippen LogP contribution in [0.3, 0.4) is 0 Å². The minimum absolute atomic E-state index is 0.0342. The van der Waals surface area contributed by atoms with Crippen molar-refractivity contribution in [1.29, 1.82) is 5.26 Å². The lowest BCUT2D eigenvalue weighted by Crippen LogP contribution is -2.47. The van der Waals surface area contributed by atoms with Gasteiger partial charge in [-0.2, -0.15) is 5.26 Å². The highest BCUT2D eigenvalue weighted by Crippen LogP contribution is 2.27. The van der Waals surface area contributed by atoms with Crippen LogP contribution in [-0.2, 0) is 16.0 Å². The molecule has 0 radical (unpaired) electrons. The third-order valence-electron chi connectivity index (χ3n) is 4.66. The van der Waals surface area contributed by atoms with Gasteiger partial charge in [-0.25, -0.2) is 4.79 Å².